The molecule has 3 nitrogen and oxygen atoms in total. The van der Waals surface area contributed by atoms with Crippen molar-refractivity contribution in [2.45, 2.75) is 19.9 Å². The molecular formula is C11H16ClN3. The van der Waals surface area contributed by atoms with Crippen LogP contribution in [0.1, 0.15) is 25.6 Å². The van der Waals surface area contributed by atoms with Crippen LogP contribution in [0.2, 0.25) is 0 Å². The van der Waals surface area contributed by atoms with E-state index in [-0.39, 0.29) is 18.4 Å². The van der Waals surface area contributed by atoms with Crippen molar-refractivity contribution in [3.05, 3.63) is 30.1 Å². The second-order valence-corrected chi connectivity index (χ2v) is 3.92. The predicted molar refractivity (Wildman–Crippen MR) is 65.1 cm³/mol. The van der Waals surface area contributed by atoms with Gasteiger partial charge >= 0.3 is 0 Å². The highest BCUT2D eigenvalue weighted by molar-refractivity contribution is 5.85. The summed E-state index contributed by atoms with van der Waals surface area (Å²) in [7, 11) is 0. The summed E-state index contributed by atoms with van der Waals surface area (Å²) in [6.07, 6.45) is 1.89. The number of pyridine rings is 1. The molecule has 0 spiro atoms. The molecule has 2 aromatic heterocycles. The lowest BCUT2D eigenvalue weighted by Crippen LogP contribution is -2.17. The number of nitrogens with two attached hydrogens (primary N) is 1. The molecule has 0 saturated heterocycles. The first-order valence-electron chi connectivity index (χ1n) is 4.88. The van der Waals surface area contributed by atoms with Crippen LogP contribution in [0, 0.1) is 5.92 Å². The van der Waals surface area contributed by atoms with E-state index in [1.54, 1.807) is 0 Å². The largest absolute Gasteiger partial charge is 0.360 e. The Morgan fingerprint density at radius 2 is 2.00 bits per heavy atom. The number of nitrogens with one attached hydrogen (secondary N) is 1. The van der Waals surface area contributed by atoms with Gasteiger partial charge in [0.15, 0.2) is 0 Å². The lowest BCUT2D eigenvalue weighted by Gasteiger charge is -2.14. The normalized spacial score (nSPS) is 12.8. The van der Waals surface area contributed by atoms with Crippen LogP contribution in [-0.2, 0) is 0 Å². The van der Waals surface area contributed by atoms with Crippen LogP contribution in [0.4, 0.5) is 0 Å². The van der Waals surface area contributed by atoms with Crippen LogP contribution in [-0.4, -0.2) is 9.97 Å². The molecule has 82 valence electrons. The lowest BCUT2D eigenvalue weighted by molar-refractivity contribution is 0.504. The van der Waals surface area contributed by atoms with Gasteiger partial charge in [0.2, 0.25) is 0 Å². The summed E-state index contributed by atoms with van der Waals surface area (Å²) in [5, 5.41) is 0. The molecule has 0 aliphatic rings. The minimum Gasteiger partial charge on any atom is -0.360 e. The van der Waals surface area contributed by atoms with E-state index < -0.39 is 0 Å². The van der Waals surface area contributed by atoms with Gasteiger partial charge in [0.1, 0.15) is 0 Å². The topological polar surface area (TPSA) is 54.7 Å². The van der Waals surface area contributed by atoms with E-state index in [4.69, 9.17) is 5.73 Å². The number of aromatic nitrogens is 2. The number of halogens is 1. The average Bonchev–Trinajstić information content (AvgIpc) is 2.62. The minimum absolute atomic E-state index is 0. The van der Waals surface area contributed by atoms with Gasteiger partial charge < -0.3 is 10.7 Å². The van der Waals surface area contributed by atoms with Crippen molar-refractivity contribution in [3.63, 3.8) is 0 Å². The SMILES string of the molecule is CC(C)[C@@H](N)c1ccc2[nH]ccc2n1.Cl. The van der Waals surface area contributed by atoms with E-state index >= 15 is 0 Å². The molecule has 0 bridgehead atoms. The van der Waals surface area contributed by atoms with E-state index in [9.17, 15) is 0 Å². The molecule has 0 fully saturated rings. The number of H-pyrrole nitrogens is 1. The fourth-order valence-electron chi connectivity index (χ4n) is 1.48. The number of rotatable bonds is 2. The summed E-state index contributed by atoms with van der Waals surface area (Å²) < 4.78 is 0. The van der Waals surface area contributed by atoms with Crippen molar-refractivity contribution in [2.75, 3.05) is 0 Å². The van der Waals surface area contributed by atoms with Gasteiger partial charge in [-0.3, -0.25) is 0 Å². The van der Waals surface area contributed by atoms with E-state index in [1.165, 1.54) is 0 Å². The summed E-state index contributed by atoms with van der Waals surface area (Å²) >= 11 is 0. The molecule has 0 aliphatic heterocycles. The molecule has 4 heteroatoms. The molecule has 2 heterocycles. The molecule has 2 rings (SSSR count). The van der Waals surface area contributed by atoms with Crippen molar-refractivity contribution < 1.29 is 0 Å². The lowest BCUT2D eigenvalue weighted by atomic mass is 10.0. The maximum absolute atomic E-state index is 6.02. The molecule has 0 amide bonds. The van der Waals surface area contributed by atoms with E-state index in [0.29, 0.717) is 5.92 Å². The Hall–Kier alpha value is -1.06. The van der Waals surface area contributed by atoms with Crippen molar-refractivity contribution in [1.82, 2.24) is 9.97 Å². The van der Waals surface area contributed by atoms with Gasteiger partial charge in [-0.05, 0) is 24.1 Å². The predicted octanol–water partition coefficient (Wildman–Crippen LogP) is 2.64. The maximum atomic E-state index is 6.02. The van der Waals surface area contributed by atoms with E-state index in [0.717, 1.165) is 16.7 Å². The fourth-order valence-corrected chi connectivity index (χ4v) is 1.48. The Labute approximate surface area is 95.5 Å². The number of aromatic amines is 1. The Morgan fingerprint density at radius 3 is 2.67 bits per heavy atom. The third-order valence-corrected chi connectivity index (χ3v) is 2.49. The standard InChI is InChI=1S/C11H15N3.ClH/c1-7(2)11(12)10-4-3-8-9(14-10)5-6-13-8;/h3-7,11,13H,12H2,1-2H3;1H/t11-;/m1./s1. The van der Waals surface area contributed by atoms with Crippen LogP contribution in [0.25, 0.3) is 11.0 Å². The number of hydrogen-bond donors (Lipinski definition) is 2. The molecule has 1 atom stereocenters. The van der Waals surface area contributed by atoms with Crippen molar-refractivity contribution >= 4 is 23.4 Å². The van der Waals surface area contributed by atoms with Gasteiger partial charge in [-0.1, -0.05) is 13.8 Å². The molecule has 2 aromatic rings. The van der Waals surface area contributed by atoms with Crippen molar-refractivity contribution in [3.8, 4) is 0 Å². The van der Waals surface area contributed by atoms with E-state index in [1.807, 2.05) is 24.4 Å². The Bertz CT molecular complexity index is 436. The highest BCUT2D eigenvalue weighted by Crippen LogP contribution is 2.19. The van der Waals surface area contributed by atoms with Gasteiger partial charge in [0.25, 0.3) is 0 Å². The molecule has 3 N–H and O–H groups in total. The molecule has 0 radical (unpaired) electrons. The molecule has 15 heavy (non-hydrogen) atoms. The van der Waals surface area contributed by atoms with Crippen molar-refractivity contribution in [2.24, 2.45) is 11.7 Å². The highest BCUT2D eigenvalue weighted by Gasteiger charge is 2.12. The Balaban J connectivity index is 0.00000112. The third-order valence-electron chi connectivity index (χ3n) is 2.49. The summed E-state index contributed by atoms with van der Waals surface area (Å²) in [6.45, 7) is 4.21. The first-order chi connectivity index (χ1) is 6.68. The number of hydrogen-bond acceptors (Lipinski definition) is 2. The molecule has 0 aromatic carbocycles. The second kappa shape index (κ2) is 4.64. The summed E-state index contributed by atoms with van der Waals surface area (Å²) in [4.78, 5) is 7.61. The number of fused-ring (bicyclic) bond motifs is 1. The quantitative estimate of drug-likeness (QED) is 0.826. The highest BCUT2D eigenvalue weighted by atomic mass is 35.5. The molecule has 0 aliphatic carbocycles. The molecule has 0 saturated carbocycles. The van der Waals surface area contributed by atoms with Crippen LogP contribution in [0.15, 0.2) is 24.4 Å². The monoisotopic (exact) mass is 225 g/mol. The summed E-state index contributed by atoms with van der Waals surface area (Å²) in [5.74, 6) is 0.416. The Morgan fingerprint density at radius 1 is 1.27 bits per heavy atom. The first-order valence-corrected chi connectivity index (χ1v) is 4.88. The molecular weight excluding hydrogens is 210 g/mol. The minimum atomic E-state index is 0. The average molecular weight is 226 g/mol. The van der Waals surface area contributed by atoms with Crippen molar-refractivity contribution in [1.29, 1.82) is 0 Å². The second-order valence-electron chi connectivity index (χ2n) is 3.92. The zero-order valence-corrected chi connectivity index (χ0v) is 9.71. The van der Waals surface area contributed by atoms with Gasteiger partial charge in [-0.15, -0.1) is 12.4 Å². The zero-order valence-electron chi connectivity index (χ0n) is 8.90. The van der Waals surface area contributed by atoms with E-state index in [2.05, 4.69) is 23.8 Å². The zero-order chi connectivity index (χ0) is 10.1. The van der Waals surface area contributed by atoms with Crippen LogP contribution in [0.5, 0.6) is 0 Å². The Kier molecular flexibility index (Phi) is 3.72. The summed E-state index contributed by atoms with van der Waals surface area (Å²) in [6, 6.07) is 6.00. The first kappa shape index (κ1) is 12.0. The third kappa shape index (κ3) is 2.30. The maximum Gasteiger partial charge on any atom is 0.0882 e. The smallest absolute Gasteiger partial charge is 0.0882 e. The van der Waals surface area contributed by atoms with Gasteiger partial charge in [-0.2, -0.15) is 0 Å². The van der Waals surface area contributed by atoms with Gasteiger partial charge in [-0.25, -0.2) is 4.98 Å². The molecule has 0 unspecified atom stereocenters. The van der Waals surface area contributed by atoms with Crippen LogP contribution >= 0.6 is 12.4 Å². The van der Waals surface area contributed by atoms with Crippen LogP contribution < -0.4 is 5.73 Å². The fraction of sp³-hybridized carbons (Fsp3) is 0.364. The summed E-state index contributed by atoms with van der Waals surface area (Å²) in [5.41, 5.74) is 9.03. The van der Waals surface area contributed by atoms with Gasteiger partial charge in [0.05, 0.1) is 16.7 Å². The van der Waals surface area contributed by atoms with Crippen LogP contribution in [0.3, 0.4) is 0 Å². The van der Waals surface area contributed by atoms with Gasteiger partial charge in [0, 0.05) is 12.2 Å². The number of nitrogens with zero attached hydrogens (tertiary/aromatic N) is 1.